The standard InChI is InChI=1S/C18H25N3O3S2/c1-20(26(22,23)15-4-5-15)12-13-7-9-21(10-8-13)18-19-16-11-14(24-2)3-6-17(16)25-18/h3,6,11,13,15H,4-5,7-10,12H2,1-2H3. The molecule has 142 valence electrons. The van der Waals surface area contributed by atoms with E-state index in [1.54, 1.807) is 29.8 Å². The molecule has 1 aromatic carbocycles. The van der Waals surface area contributed by atoms with Crippen molar-refractivity contribution >= 4 is 36.7 Å². The summed E-state index contributed by atoms with van der Waals surface area (Å²) in [6, 6.07) is 5.99. The van der Waals surface area contributed by atoms with Crippen molar-refractivity contribution in [2.24, 2.45) is 5.92 Å². The number of anilines is 1. The molecule has 1 saturated heterocycles. The number of fused-ring (bicyclic) bond motifs is 1. The van der Waals surface area contributed by atoms with Crippen LogP contribution in [-0.4, -0.2) is 56.7 Å². The van der Waals surface area contributed by atoms with Gasteiger partial charge in [0.15, 0.2) is 5.13 Å². The molecule has 0 bridgehead atoms. The fraction of sp³-hybridized carbons (Fsp3) is 0.611. The maximum absolute atomic E-state index is 12.3. The summed E-state index contributed by atoms with van der Waals surface area (Å²) in [5, 5.41) is 0.929. The Kier molecular flexibility index (Phi) is 4.83. The van der Waals surface area contributed by atoms with Gasteiger partial charge < -0.3 is 9.64 Å². The van der Waals surface area contributed by atoms with Crippen LogP contribution in [0, 0.1) is 5.92 Å². The number of methoxy groups -OCH3 is 1. The molecule has 1 aromatic heterocycles. The van der Waals surface area contributed by atoms with E-state index in [4.69, 9.17) is 9.72 Å². The van der Waals surface area contributed by atoms with E-state index in [0.29, 0.717) is 12.5 Å². The van der Waals surface area contributed by atoms with Gasteiger partial charge in [0.25, 0.3) is 0 Å². The summed E-state index contributed by atoms with van der Waals surface area (Å²) in [4.78, 5) is 7.08. The van der Waals surface area contributed by atoms with Crippen molar-refractivity contribution in [3.8, 4) is 5.75 Å². The molecule has 0 atom stereocenters. The summed E-state index contributed by atoms with van der Waals surface area (Å²) in [6.07, 6.45) is 3.66. The molecule has 2 aliphatic rings. The van der Waals surface area contributed by atoms with Gasteiger partial charge in [-0.25, -0.2) is 17.7 Å². The molecular weight excluding hydrogens is 370 g/mol. The Bertz CT molecular complexity index is 884. The van der Waals surface area contributed by atoms with Gasteiger partial charge >= 0.3 is 0 Å². The van der Waals surface area contributed by atoms with Crippen molar-refractivity contribution in [1.82, 2.24) is 9.29 Å². The van der Waals surface area contributed by atoms with E-state index in [1.807, 2.05) is 12.1 Å². The molecule has 1 aliphatic carbocycles. The topological polar surface area (TPSA) is 62.7 Å². The highest BCUT2D eigenvalue weighted by atomic mass is 32.2. The van der Waals surface area contributed by atoms with Crippen LogP contribution in [0.5, 0.6) is 5.75 Å². The number of rotatable bonds is 6. The zero-order valence-electron chi connectivity index (χ0n) is 15.2. The fourth-order valence-electron chi connectivity index (χ4n) is 3.55. The third-order valence-electron chi connectivity index (χ3n) is 5.36. The van der Waals surface area contributed by atoms with Crippen LogP contribution in [0.25, 0.3) is 10.2 Å². The number of nitrogens with zero attached hydrogens (tertiary/aromatic N) is 3. The quantitative estimate of drug-likeness (QED) is 0.752. The van der Waals surface area contributed by atoms with Crippen molar-refractivity contribution in [2.75, 3.05) is 38.7 Å². The van der Waals surface area contributed by atoms with Crippen molar-refractivity contribution in [1.29, 1.82) is 0 Å². The lowest BCUT2D eigenvalue weighted by Gasteiger charge is -2.33. The summed E-state index contributed by atoms with van der Waals surface area (Å²) in [6.45, 7) is 2.50. The van der Waals surface area contributed by atoms with Crippen LogP contribution in [0.4, 0.5) is 5.13 Å². The largest absolute Gasteiger partial charge is 0.497 e. The number of sulfonamides is 1. The van der Waals surface area contributed by atoms with E-state index in [1.165, 1.54) is 0 Å². The Morgan fingerprint density at radius 3 is 2.65 bits per heavy atom. The number of benzene rings is 1. The summed E-state index contributed by atoms with van der Waals surface area (Å²) in [5.41, 5.74) is 0.974. The maximum Gasteiger partial charge on any atom is 0.216 e. The van der Waals surface area contributed by atoms with E-state index in [2.05, 4.69) is 11.0 Å². The van der Waals surface area contributed by atoms with Crippen molar-refractivity contribution in [3.05, 3.63) is 18.2 Å². The number of piperidine rings is 1. The van der Waals surface area contributed by atoms with Crippen molar-refractivity contribution in [3.63, 3.8) is 0 Å². The van der Waals surface area contributed by atoms with Gasteiger partial charge in [0.05, 0.1) is 22.6 Å². The van der Waals surface area contributed by atoms with Gasteiger partial charge in [0.2, 0.25) is 10.0 Å². The molecule has 0 radical (unpaired) electrons. The molecule has 8 heteroatoms. The van der Waals surface area contributed by atoms with Crippen LogP contribution in [0.1, 0.15) is 25.7 Å². The van der Waals surface area contributed by atoms with Gasteiger partial charge in [-0.15, -0.1) is 0 Å². The van der Waals surface area contributed by atoms with Gasteiger partial charge in [-0.3, -0.25) is 0 Å². The van der Waals surface area contributed by atoms with E-state index in [-0.39, 0.29) is 5.25 Å². The molecule has 4 rings (SSSR count). The van der Waals surface area contributed by atoms with Crippen LogP contribution < -0.4 is 9.64 Å². The van der Waals surface area contributed by atoms with Crippen LogP contribution in [-0.2, 0) is 10.0 Å². The van der Waals surface area contributed by atoms with Crippen LogP contribution in [0.15, 0.2) is 18.2 Å². The van der Waals surface area contributed by atoms with Crippen LogP contribution in [0.3, 0.4) is 0 Å². The number of hydrogen-bond acceptors (Lipinski definition) is 6. The molecule has 1 aliphatic heterocycles. The summed E-state index contributed by atoms with van der Waals surface area (Å²) >= 11 is 1.71. The van der Waals surface area contributed by atoms with Crippen LogP contribution >= 0.6 is 11.3 Å². The highest BCUT2D eigenvalue weighted by molar-refractivity contribution is 7.90. The van der Waals surface area contributed by atoms with Gasteiger partial charge in [-0.1, -0.05) is 11.3 Å². The Balaban J connectivity index is 1.37. The Labute approximate surface area is 158 Å². The van der Waals surface area contributed by atoms with Crippen LogP contribution in [0.2, 0.25) is 0 Å². The first-order valence-corrected chi connectivity index (χ1v) is 11.4. The molecule has 2 heterocycles. The van der Waals surface area contributed by atoms with Gasteiger partial charge in [0.1, 0.15) is 5.75 Å². The summed E-state index contributed by atoms with van der Waals surface area (Å²) in [7, 11) is 0.346. The fourth-order valence-corrected chi connectivity index (χ4v) is 6.21. The van der Waals surface area contributed by atoms with Crippen molar-refractivity contribution in [2.45, 2.75) is 30.9 Å². The lowest BCUT2D eigenvalue weighted by Crippen LogP contribution is -2.40. The predicted molar refractivity (Wildman–Crippen MR) is 106 cm³/mol. The molecule has 26 heavy (non-hydrogen) atoms. The first kappa shape index (κ1) is 18.0. The van der Waals surface area contributed by atoms with E-state index >= 15 is 0 Å². The molecule has 1 saturated carbocycles. The highest BCUT2D eigenvalue weighted by Gasteiger charge is 2.39. The Morgan fingerprint density at radius 2 is 2.00 bits per heavy atom. The third kappa shape index (κ3) is 3.54. The Hall–Kier alpha value is -1.38. The molecule has 0 spiro atoms. The molecule has 0 amide bonds. The number of thiazole rings is 1. The lowest BCUT2D eigenvalue weighted by atomic mass is 9.97. The lowest BCUT2D eigenvalue weighted by molar-refractivity contribution is 0.327. The van der Waals surface area contributed by atoms with E-state index in [9.17, 15) is 8.42 Å². The second-order valence-corrected chi connectivity index (χ2v) is 10.6. The second kappa shape index (κ2) is 6.98. The van der Waals surface area contributed by atoms with Gasteiger partial charge in [-0.2, -0.15) is 0 Å². The normalized spacial score (nSPS) is 19.4. The maximum atomic E-state index is 12.3. The molecule has 6 nitrogen and oxygen atoms in total. The highest BCUT2D eigenvalue weighted by Crippen LogP contribution is 2.34. The number of aromatic nitrogens is 1. The molecule has 2 fully saturated rings. The van der Waals surface area contributed by atoms with Crippen molar-refractivity contribution < 1.29 is 13.2 Å². The number of hydrogen-bond donors (Lipinski definition) is 0. The summed E-state index contributed by atoms with van der Waals surface area (Å²) in [5.74, 6) is 1.26. The molecule has 2 aromatic rings. The Morgan fingerprint density at radius 1 is 1.27 bits per heavy atom. The minimum absolute atomic E-state index is 0.118. The zero-order valence-corrected chi connectivity index (χ0v) is 16.9. The average molecular weight is 396 g/mol. The first-order valence-electron chi connectivity index (χ1n) is 9.12. The predicted octanol–water partition coefficient (Wildman–Crippen LogP) is 2.95. The van der Waals surface area contributed by atoms with E-state index in [0.717, 1.165) is 59.9 Å². The minimum atomic E-state index is -3.06. The number of ether oxygens (including phenoxy) is 1. The molecular formula is C18H25N3O3S2. The van der Waals surface area contributed by atoms with Gasteiger partial charge in [-0.05, 0) is 43.7 Å². The van der Waals surface area contributed by atoms with E-state index < -0.39 is 10.0 Å². The zero-order chi connectivity index (χ0) is 18.3. The minimum Gasteiger partial charge on any atom is -0.497 e. The monoisotopic (exact) mass is 395 g/mol. The SMILES string of the molecule is COc1ccc2sc(N3CCC(CN(C)S(=O)(=O)C4CC4)CC3)nc2c1. The molecule has 0 unspecified atom stereocenters. The third-order valence-corrected chi connectivity index (χ3v) is 8.79. The summed E-state index contributed by atoms with van der Waals surface area (Å²) < 4.78 is 32.6. The molecule has 0 N–H and O–H groups in total. The average Bonchev–Trinajstić information content (AvgIpc) is 3.42. The van der Waals surface area contributed by atoms with Gasteiger partial charge in [0, 0.05) is 32.7 Å². The first-order chi connectivity index (χ1) is 12.5. The second-order valence-electron chi connectivity index (χ2n) is 7.29. The smallest absolute Gasteiger partial charge is 0.216 e.